The van der Waals surface area contributed by atoms with Crippen LogP contribution in [0.5, 0.6) is 0 Å². The van der Waals surface area contributed by atoms with Gasteiger partial charge in [0.25, 0.3) is 5.91 Å². The summed E-state index contributed by atoms with van der Waals surface area (Å²) in [6, 6.07) is 11.4. The smallest absolute Gasteiger partial charge is 0.259 e. The van der Waals surface area contributed by atoms with Crippen molar-refractivity contribution < 1.29 is 14.3 Å². The van der Waals surface area contributed by atoms with Gasteiger partial charge in [-0.2, -0.15) is 0 Å². The van der Waals surface area contributed by atoms with Gasteiger partial charge in [0.1, 0.15) is 5.65 Å². The molecule has 0 bridgehead atoms. The topological polar surface area (TPSA) is 90.9 Å². The molecule has 2 heterocycles. The molecule has 198 valence electrons. The van der Waals surface area contributed by atoms with Crippen LogP contribution in [0.1, 0.15) is 60.4 Å². The predicted molar refractivity (Wildman–Crippen MR) is 154 cm³/mol. The molecule has 0 aliphatic heterocycles. The van der Waals surface area contributed by atoms with Crippen LogP contribution in [0.3, 0.4) is 0 Å². The molecule has 0 fully saturated rings. The monoisotopic (exact) mass is 522 g/mol. The molecular formula is C29H38N4O3S. The number of benzene rings is 1. The number of aromatic nitrogens is 2. The van der Waals surface area contributed by atoms with Gasteiger partial charge in [0.2, 0.25) is 0 Å². The quantitative estimate of drug-likeness (QED) is 0.207. The maximum atomic E-state index is 12.9. The number of nitrogens with one attached hydrogen (secondary N) is 1. The van der Waals surface area contributed by atoms with Crippen molar-refractivity contribution in [2.24, 2.45) is 11.7 Å². The minimum Gasteiger partial charge on any atom is -0.398 e. The fourth-order valence-electron chi connectivity index (χ4n) is 4.04. The maximum absolute atomic E-state index is 12.9. The summed E-state index contributed by atoms with van der Waals surface area (Å²) in [5.74, 6) is 0.127. The second kappa shape index (κ2) is 14.0. The van der Waals surface area contributed by atoms with Crippen LogP contribution in [0, 0.1) is 19.8 Å². The van der Waals surface area contributed by atoms with Crippen LogP contribution >= 0.6 is 12.2 Å². The molecule has 7 nitrogen and oxygen atoms in total. The first-order valence-electron chi connectivity index (χ1n) is 12.8. The third-order valence-electron chi connectivity index (χ3n) is 6.20. The Morgan fingerprint density at radius 2 is 1.84 bits per heavy atom. The number of thiocarbonyl (C=S) groups is 1. The Hall–Kier alpha value is -3.07. The van der Waals surface area contributed by atoms with E-state index in [2.05, 4.69) is 23.3 Å². The number of fused-ring (bicyclic) bond motifs is 1. The highest BCUT2D eigenvalue weighted by molar-refractivity contribution is 7.80. The van der Waals surface area contributed by atoms with Crippen LogP contribution in [0.4, 0.5) is 5.69 Å². The van der Waals surface area contributed by atoms with E-state index in [9.17, 15) is 4.79 Å². The zero-order chi connectivity index (χ0) is 26.8. The molecule has 1 aromatic carbocycles. The van der Waals surface area contributed by atoms with Gasteiger partial charge in [-0.25, -0.2) is 4.98 Å². The van der Waals surface area contributed by atoms with E-state index in [1.807, 2.05) is 61.7 Å². The lowest BCUT2D eigenvalue weighted by atomic mass is 9.99. The van der Waals surface area contributed by atoms with Crippen molar-refractivity contribution in [1.29, 1.82) is 0 Å². The summed E-state index contributed by atoms with van der Waals surface area (Å²) in [7, 11) is 0. The van der Waals surface area contributed by atoms with Gasteiger partial charge in [-0.1, -0.05) is 37.4 Å². The molecule has 0 saturated carbocycles. The lowest BCUT2D eigenvalue weighted by Crippen LogP contribution is -2.12. The Balaban J connectivity index is 1.51. The van der Waals surface area contributed by atoms with Gasteiger partial charge in [-0.05, 0) is 74.2 Å². The number of amides is 1. The fourth-order valence-corrected chi connectivity index (χ4v) is 4.13. The molecule has 0 aliphatic rings. The van der Waals surface area contributed by atoms with E-state index in [4.69, 9.17) is 27.4 Å². The Morgan fingerprint density at radius 3 is 2.51 bits per heavy atom. The Morgan fingerprint density at radius 1 is 1.14 bits per heavy atom. The molecule has 1 unspecified atom stereocenters. The van der Waals surface area contributed by atoms with Crippen molar-refractivity contribution in [2.75, 3.05) is 31.7 Å². The highest BCUT2D eigenvalue weighted by Crippen LogP contribution is 2.20. The average Bonchev–Trinajstić information content (AvgIpc) is 3.29. The second-order valence-electron chi connectivity index (χ2n) is 9.25. The zero-order valence-electron chi connectivity index (χ0n) is 22.3. The van der Waals surface area contributed by atoms with Crippen LogP contribution in [0.15, 0.2) is 48.7 Å². The number of nitrogens with zero attached hydrogens (tertiary/aromatic N) is 2. The Labute approximate surface area is 225 Å². The minimum absolute atomic E-state index is 0.193. The summed E-state index contributed by atoms with van der Waals surface area (Å²) in [4.78, 5) is 18.4. The average molecular weight is 523 g/mol. The number of hydrogen-bond acceptors (Lipinski definition) is 6. The first kappa shape index (κ1) is 28.5. The molecule has 1 amide bonds. The SMILES string of the molecule is CCC(/C=C(\N)c1ccc(NC(=O)c2ccn3c(C)cc(C)nc23)cc1)CCOCCOCCC(C)=S. The molecule has 0 saturated heterocycles. The van der Waals surface area contributed by atoms with Gasteiger partial charge in [0, 0.05) is 42.0 Å². The number of carbonyl (C=O) groups is 1. The number of ether oxygens (including phenoxy) is 2. The van der Waals surface area contributed by atoms with E-state index >= 15 is 0 Å². The zero-order valence-corrected chi connectivity index (χ0v) is 23.1. The Bertz CT molecular complexity index is 1230. The molecule has 1 atom stereocenters. The molecule has 37 heavy (non-hydrogen) atoms. The predicted octanol–water partition coefficient (Wildman–Crippen LogP) is 5.73. The molecule has 3 rings (SSSR count). The van der Waals surface area contributed by atoms with Gasteiger partial charge in [0.05, 0.1) is 25.4 Å². The highest BCUT2D eigenvalue weighted by Gasteiger charge is 2.14. The summed E-state index contributed by atoms with van der Waals surface area (Å²) < 4.78 is 13.1. The van der Waals surface area contributed by atoms with Crippen molar-refractivity contribution in [2.45, 2.75) is 47.0 Å². The van der Waals surface area contributed by atoms with Gasteiger partial charge in [-0.15, -0.1) is 0 Å². The number of aryl methyl sites for hydroxylation is 2. The van der Waals surface area contributed by atoms with Gasteiger partial charge in [0.15, 0.2) is 0 Å². The molecule has 0 aliphatic carbocycles. The summed E-state index contributed by atoms with van der Waals surface area (Å²) in [5.41, 5.74) is 11.8. The van der Waals surface area contributed by atoms with E-state index in [1.165, 1.54) is 0 Å². The summed E-state index contributed by atoms with van der Waals surface area (Å²) in [6.45, 7) is 10.5. The normalized spacial score (nSPS) is 12.6. The lowest BCUT2D eigenvalue weighted by Gasteiger charge is -2.13. The number of allylic oxidation sites excluding steroid dienone is 1. The van der Waals surface area contributed by atoms with Crippen LogP contribution in [-0.2, 0) is 9.47 Å². The maximum Gasteiger partial charge on any atom is 0.259 e. The van der Waals surface area contributed by atoms with E-state index in [1.54, 1.807) is 6.07 Å². The van der Waals surface area contributed by atoms with Crippen molar-refractivity contribution in [3.63, 3.8) is 0 Å². The summed E-state index contributed by atoms with van der Waals surface area (Å²) in [5, 5.41) is 2.97. The third-order valence-corrected chi connectivity index (χ3v) is 6.41. The van der Waals surface area contributed by atoms with Gasteiger partial charge < -0.3 is 24.9 Å². The number of rotatable bonds is 14. The van der Waals surface area contributed by atoms with E-state index in [-0.39, 0.29) is 5.91 Å². The van der Waals surface area contributed by atoms with Crippen LogP contribution in [-0.4, -0.2) is 46.6 Å². The standard InChI is InChI=1S/C29H38N4O3S/c1-5-23(12-15-36-17-16-35-14-11-22(4)37)19-27(30)24-6-8-25(9-7-24)32-29(34)26-10-13-33-21(3)18-20(2)31-28(26)33/h6-10,13,18-19,23H,5,11-12,14-17,30H2,1-4H3,(H,32,34)/b27-19-. The van der Waals surface area contributed by atoms with E-state index in [0.717, 1.165) is 46.8 Å². The first-order valence-corrected chi connectivity index (χ1v) is 13.2. The largest absolute Gasteiger partial charge is 0.398 e. The van der Waals surface area contributed by atoms with Crippen molar-refractivity contribution in [3.8, 4) is 0 Å². The molecule has 3 N–H and O–H groups in total. The van der Waals surface area contributed by atoms with E-state index in [0.29, 0.717) is 49.2 Å². The fraction of sp³-hybridized carbons (Fsp3) is 0.414. The lowest BCUT2D eigenvalue weighted by molar-refractivity contribution is 0.0468. The van der Waals surface area contributed by atoms with Crippen molar-refractivity contribution in [1.82, 2.24) is 9.38 Å². The molecule has 2 aromatic heterocycles. The van der Waals surface area contributed by atoms with E-state index < -0.39 is 0 Å². The molecule has 0 spiro atoms. The second-order valence-corrected chi connectivity index (χ2v) is 9.95. The Kier molecular flexibility index (Phi) is 10.8. The molecule has 0 radical (unpaired) electrons. The van der Waals surface area contributed by atoms with Crippen molar-refractivity contribution >= 4 is 40.0 Å². The number of carbonyl (C=O) groups excluding carboxylic acids is 1. The van der Waals surface area contributed by atoms with Crippen LogP contribution < -0.4 is 11.1 Å². The molecule has 8 heteroatoms. The third kappa shape index (κ3) is 8.49. The number of hydrogen-bond donors (Lipinski definition) is 2. The highest BCUT2D eigenvalue weighted by atomic mass is 32.1. The molecular weight excluding hydrogens is 484 g/mol. The van der Waals surface area contributed by atoms with Gasteiger partial charge in [-0.3, -0.25) is 4.79 Å². The first-order chi connectivity index (χ1) is 17.8. The number of anilines is 1. The molecule has 3 aromatic rings. The van der Waals surface area contributed by atoms with Gasteiger partial charge >= 0.3 is 0 Å². The summed E-state index contributed by atoms with van der Waals surface area (Å²) in [6.07, 6.45) is 6.64. The summed E-state index contributed by atoms with van der Waals surface area (Å²) >= 11 is 5.04. The number of nitrogens with two attached hydrogens (primary N) is 1. The minimum atomic E-state index is -0.193. The van der Waals surface area contributed by atoms with Crippen LogP contribution in [0.25, 0.3) is 11.3 Å². The van der Waals surface area contributed by atoms with Crippen LogP contribution in [0.2, 0.25) is 0 Å². The van der Waals surface area contributed by atoms with Crippen molar-refractivity contribution in [3.05, 3.63) is 71.2 Å².